The zero-order chi connectivity index (χ0) is 23.6. The fourth-order valence-corrected chi connectivity index (χ4v) is 3.79. The summed E-state index contributed by atoms with van der Waals surface area (Å²) in [5.74, 6) is -1.20. The Labute approximate surface area is 188 Å². The van der Waals surface area contributed by atoms with E-state index in [9.17, 15) is 23.8 Å². The van der Waals surface area contributed by atoms with E-state index in [0.29, 0.717) is 37.3 Å². The number of hydrogen-bond acceptors (Lipinski definition) is 5. The zero-order valence-electron chi connectivity index (χ0n) is 18.7. The molecule has 0 aliphatic heterocycles. The van der Waals surface area contributed by atoms with E-state index in [2.05, 4.69) is 0 Å². The zero-order valence-corrected chi connectivity index (χ0v) is 18.7. The molecule has 7 heteroatoms. The van der Waals surface area contributed by atoms with Crippen LogP contribution in [-0.4, -0.2) is 40.6 Å². The van der Waals surface area contributed by atoms with Gasteiger partial charge in [-0.3, -0.25) is 4.79 Å². The van der Waals surface area contributed by atoms with Crippen LogP contribution in [0.5, 0.6) is 0 Å². The van der Waals surface area contributed by atoms with Gasteiger partial charge in [-0.2, -0.15) is 8.78 Å². The average molecular weight is 453 g/mol. The molecule has 0 bridgehead atoms. The lowest BCUT2D eigenvalue weighted by atomic mass is 9.90. The van der Waals surface area contributed by atoms with Crippen molar-refractivity contribution < 1.29 is 33.3 Å². The van der Waals surface area contributed by atoms with Crippen molar-refractivity contribution in [1.82, 2.24) is 0 Å². The molecule has 4 atom stereocenters. The second-order valence-electron chi connectivity index (χ2n) is 8.44. The molecule has 5 nitrogen and oxygen atoms in total. The number of unbranched alkanes of at least 4 members (excludes halogenated alkanes) is 1. The minimum absolute atomic E-state index is 0.130. The number of aliphatic hydroxyl groups is 2. The maximum absolute atomic E-state index is 14.1. The summed E-state index contributed by atoms with van der Waals surface area (Å²) in [6, 6.07) is 8.69. The van der Waals surface area contributed by atoms with Gasteiger partial charge in [0.15, 0.2) is 0 Å². The molecule has 1 aliphatic carbocycles. The van der Waals surface area contributed by atoms with Crippen molar-refractivity contribution in [3.8, 4) is 0 Å². The van der Waals surface area contributed by atoms with Crippen molar-refractivity contribution >= 4 is 5.97 Å². The third kappa shape index (κ3) is 9.18. The molecule has 1 aliphatic rings. The maximum Gasteiger partial charge on any atom is 0.376 e. The Kier molecular flexibility index (Phi) is 10.5. The highest BCUT2D eigenvalue weighted by Crippen LogP contribution is 2.37. The van der Waals surface area contributed by atoms with E-state index >= 15 is 0 Å². The van der Waals surface area contributed by atoms with Crippen LogP contribution in [0.3, 0.4) is 0 Å². The summed E-state index contributed by atoms with van der Waals surface area (Å²) in [5, 5.41) is 20.5. The summed E-state index contributed by atoms with van der Waals surface area (Å²) in [7, 11) is 0. The number of rotatable bonds is 12. The van der Waals surface area contributed by atoms with Crippen LogP contribution >= 0.6 is 0 Å². The minimum atomic E-state index is -3.48. The number of halogens is 2. The molecule has 0 aromatic heterocycles. The van der Waals surface area contributed by atoms with Gasteiger partial charge in [0.2, 0.25) is 0 Å². The standard InChI is InChI=1S/C25H34F2O5/c1-18(2)32-24(30)13-9-4-3-8-12-20-21(23(29)16-22(20)28)14-15-25(26,27)31-17-19-10-6-5-7-11-19/h3,5-8,10-11,14-15,18,20-23,28-29H,4,9,12-13,16-17H2,1-2H3/b8-3-,15-14+/t20-,21-,22+,23-/m1/s1. The first kappa shape index (κ1) is 26.2. The van der Waals surface area contributed by atoms with Crippen LogP contribution in [0.1, 0.15) is 51.5 Å². The van der Waals surface area contributed by atoms with Crippen LogP contribution in [-0.2, 0) is 20.9 Å². The molecule has 1 fully saturated rings. The van der Waals surface area contributed by atoms with E-state index in [4.69, 9.17) is 9.47 Å². The van der Waals surface area contributed by atoms with Gasteiger partial charge in [0.05, 0.1) is 24.9 Å². The predicted octanol–water partition coefficient (Wildman–Crippen LogP) is 4.78. The number of hydrogen-bond donors (Lipinski definition) is 2. The van der Waals surface area contributed by atoms with E-state index in [0.717, 1.165) is 0 Å². The van der Waals surface area contributed by atoms with E-state index in [1.54, 1.807) is 44.2 Å². The van der Waals surface area contributed by atoms with E-state index in [-0.39, 0.29) is 31.0 Å². The highest BCUT2D eigenvalue weighted by Gasteiger charge is 2.40. The second-order valence-corrected chi connectivity index (χ2v) is 8.44. The summed E-state index contributed by atoms with van der Waals surface area (Å²) >= 11 is 0. The lowest BCUT2D eigenvalue weighted by molar-refractivity contribution is -0.208. The molecule has 0 spiro atoms. The average Bonchev–Trinajstić information content (AvgIpc) is 3.00. The molecule has 0 saturated heterocycles. The topological polar surface area (TPSA) is 76.0 Å². The fraction of sp³-hybridized carbons (Fsp3) is 0.560. The number of esters is 1. The lowest BCUT2D eigenvalue weighted by Crippen LogP contribution is -2.22. The van der Waals surface area contributed by atoms with Gasteiger partial charge in [0, 0.05) is 24.8 Å². The fourth-order valence-electron chi connectivity index (χ4n) is 3.79. The van der Waals surface area contributed by atoms with Crippen molar-refractivity contribution in [2.45, 2.75) is 77.0 Å². The van der Waals surface area contributed by atoms with Gasteiger partial charge >= 0.3 is 12.1 Å². The van der Waals surface area contributed by atoms with Crippen LogP contribution < -0.4 is 0 Å². The molecule has 0 heterocycles. The molecular formula is C25H34F2O5. The number of aliphatic hydroxyl groups excluding tert-OH is 2. The minimum Gasteiger partial charge on any atom is -0.463 e. The van der Waals surface area contributed by atoms with Gasteiger partial charge in [-0.25, -0.2) is 0 Å². The molecule has 32 heavy (non-hydrogen) atoms. The van der Waals surface area contributed by atoms with E-state index in [1.807, 2.05) is 12.2 Å². The Morgan fingerprint density at radius 1 is 1.19 bits per heavy atom. The number of carbonyl (C=O) groups is 1. The maximum atomic E-state index is 14.1. The molecule has 2 N–H and O–H groups in total. The van der Waals surface area contributed by atoms with Gasteiger partial charge < -0.3 is 19.7 Å². The van der Waals surface area contributed by atoms with Gasteiger partial charge in [0.1, 0.15) is 0 Å². The molecule has 0 radical (unpaired) electrons. The Hall–Kier alpha value is -2.09. The van der Waals surface area contributed by atoms with Crippen molar-refractivity contribution in [2.75, 3.05) is 0 Å². The smallest absolute Gasteiger partial charge is 0.376 e. The molecular weight excluding hydrogens is 418 g/mol. The Morgan fingerprint density at radius 3 is 2.59 bits per heavy atom. The molecule has 1 aromatic carbocycles. The Balaban J connectivity index is 1.83. The predicted molar refractivity (Wildman–Crippen MR) is 118 cm³/mol. The normalized spacial score (nSPS) is 24.1. The largest absolute Gasteiger partial charge is 0.463 e. The first-order chi connectivity index (χ1) is 15.2. The number of benzene rings is 1. The van der Waals surface area contributed by atoms with Gasteiger partial charge in [-0.15, -0.1) is 0 Å². The van der Waals surface area contributed by atoms with Crippen molar-refractivity contribution in [1.29, 1.82) is 0 Å². The summed E-state index contributed by atoms with van der Waals surface area (Å²) in [4.78, 5) is 11.5. The van der Waals surface area contributed by atoms with Crippen LogP contribution in [0.4, 0.5) is 8.78 Å². The van der Waals surface area contributed by atoms with Crippen LogP contribution in [0.15, 0.2) is 54.6 Å². The third-order valence-corrected chi connectivity index (χ3v) is 5.40. The summed E-state index contributed by atoms with van der Waals surface area (Å²) in [6.07, 6.45) is 2.65. The molecule has 1 saturated carbocycles. The van der Waals surface area contributed by atoms with Crippen molar-refractivity contribution in [3.05, 3.63) is 60.2 Å². The molecule has 1 aromatic rings. The van der Waals surface area contributed by atoms with Gasteiger partial charge in [0.25, 0.3) is 0 Å². The van der Waals surface area contributed by atoms with Crippen molar-refractivity contribution in [2.24, 2.45) is 11.8 Å². The molecule has 2 rings (SSSR count). The van der Waals surface area contributed by atoms with Crippen molar-refractivity contribution in [3.63, 3.8) is 0 Å². The van der Waals surface area contributed by atoms with Crippen LogP contribution in [0, 0.1) is 11.8 Å². The van der Waals surface area contributed by atoms with Crippen LogP contribution in [0.25, 0.3) is 0 Å². The quantitative estimate of drug-likeness (QED) is 0.271. The van der Waals surface area contributed by atoms with Crippen LogP contribution in [0.2, 0.25) is 0 Å². The number of allylic oxidation sites excluding steroid dienone is 2. The molecule has 178 valence electrons. The summed E-state index contributed by atoms with van der Waals surface area (Å²) in [5.41, 5.74) is 0.636. The number of ether oxygens (including phenoxy) is 2. The highest BCUT2D eigenvalue weighted by atomic mass is 19.3. The van der Waals surface area contributed by atoms with Gasteiger partial charge in [-0.05, 0) is 44.6 Å². The first-order valence-electron chi connectivity index (χ1n) is 11.1. The monoisotopic (exact) mass is 452 g/mol. The second kappa shape index (κ2) is 12.8. The Bertz CT molecular complexity index is 748. The molecule has 0 unspecified atom stereocenters. The Morgan fingerprint density at radius 2 is 1.91 bits per heavy atom. The molecule has 0 amide bonds. The summed E-state index contributed by atoms with van der Waals surface area (Å²) < 4.78 is 38.1. The van der Waals surface area contributed by atoms with E-state index < -0.39 is 24.2 Å². The van der Waals surface area contributed by atoms with E-state index in [1.165, 1.54) is 6.08 Å². The number of alkyl halides is 2. The third-order valence-electron chi connectivity index (χ3n) is 5.40. The summed E-state index contributed by atoms with van der Waals surface area (Å²) in [6.45, 7) is 3.37. The highest BCUT2D eigenvalue weighted by molar-refractivity contribution is 5.69. The number of carbonyl (C=O) groups excluding carboxylic acids is 1. The lowest BCUT2D eigenvalue weighted by Gasteiger charge is -2.20. The SMILES string of the molecule is CC(C)OC(=O)CCC/C=C\C[C@@H]1[C@@H](/C=C/C(F)(F)OCc2ccccc2)[C@H](O)C[C@@H]1O. The first-order valence-corrected chi connectivity index (χ1v) is 11.1. The van der Waals surface area contributed by atoms with Gasteiger partial charge in [-0.1, -0.05) is 48.6 Å².